The summed E-state index contributed by atoms with van der Waals surface area (Å²) in [6, 6.07) is 26.4. The standard InChI is InChI=1S/C21H14BrN3/c22-19-8-4-7-18(13-19)15-9-11-17(12-10-15)21-24-14-23-20(25-21)16-5-2-1-3-6-16/h1-14H. The van der Waals surface area contributed by atoms with E-state index in [-0.39, 0.29) is 0 Å². The minimum Gasteiger partial charge on any atom is -0.217 e. The van der Waals surface area contributed by atoms with Crippen molar-refractivity contribution in [3.63, 3.8) is 0 Å². The van der Waals surface area contributed by atoms with Crippen molar-refractivity contribution in [3.8, 4) is 33.9 Å². The summed E-state index contributed by atoms with van der Waals surface area (Å²) in [6.07, 6.45) is 1.56. The van der Waals surface area contributed by atoms with Crippen molar-refractivity contribution in [2.75, 3.05) is 0 Å². The highest BCUT2D eigenvalue weighted by Crippen LogP contribution is 2.26. The lowest BCUT2D eigenvalue weighted by atomic mass is 10.0. The Bertz CT molecular complexity index is 999. The summed E-state index contributed by atoms with van der Waals surface area (Å²) in [5.41, 5.74) is 4.28. The van der Waals surface area contributed by atoms with Gasteiger partial charge in [0.2, 0.25) is 0 Å². The Hall–Kier alpha value is -2.85. The number of benzene rings is 3. The van der Waals surface area contributed by atoms with Crippen LogP contribution < -0.4 is 0 Å². The first kappa shape index (κ1) is 15.7. The summed E-state index contributed by atoms with van der Waals surface area (Å²) in [7, 11) is 0. The third-order valence-corrected chi connectivity index (χ3v) is 4.40. The highest BCUT2D eigenvalue weighted by molar-refractivity contribution is 9.10. The molecular weight excluding hydrogens is 374 g/mol. The van der Waals surface area contributed by atoms with Crippen LogP contribution in [0.4, 0.5) is 0 Å². The Kier molecular flexibility index (Phi) is 4.36. The number of rotatable bonds is 3. The molecule has 0 aliphatic rings. The van der Waals surface area contributed by atoms with Crippen LogP contribution >= 0.6 is 15.9 Å². The van der Waals surface area contributed by atoms with Crippen LogP contribution in [0, 0.1) is 0 Å². The Morgan fingerprint density at radius 3 is 1.84 bits per heavy atom. The molecule has 0 aliphatic heterocycles. The van der Waals surface area contributed by atoms with Crippen LogP contribution in [0.25, 0.3) is 33.9 Å². The predicted octanol–water partition coefficient (Wildman–Crippen LogP) is 5.64. The second-order valence-corrected chi connectivity index (χ2v) is 6.50. The van der Waals surface area contributed by atoms with Gasteiger partial charge in [0.25, 0.3) is 0 Å². The molecule has 0 unspecified atom stereocenters. The zero-order valence-corrected chi connectivity index (χ0v) is 14.9. The van der Waals surface area contributed by atoms with E-state index in [1.165, 1.54) is 5.56 Å². The van der Waals surface area contributed by atoms with Crippen LogP contribution in [-0.2, 0) is 0 Å². The topological polar surface area (TPSA) is 38.7 Å². The van der Waals surface area contributed by atoms with Crippen molar-refractivity contribution < 1.29 is 0 Å². The molecule has 3 nitrogen and oxygen atoms in total. The van der Waals surface area contributed by atoms with Crippen LogP contribution in [0.2, 0.25) is 0 Å². The highest BCUT2D eigenvalue weighted by Gasteiger charge is 2.06. The maximum absolute atomic E-state index is 4.60. The largest absolute Gasteiger partial charge is 0.217 e. The lowest BCUT2D eigenvalue weighted by Gasteiger charge is -2.06. The van der Waals surface area contributed by atoms with Gasteiger partial charge in [-0.05, 0) is 23.3 Å². The first-order chi connectivity index (χ1) is 12.3. The van der Waals surface area contributed by atoms with Gasteiger partial charge in [-0.2, -0.15) is 0 Å². The third kappa shape index (κ3) is 3.49. The first-order valence-electron chi connectivity index (χ1n) is 7.90. The fourth-order valence-corrected chi connectivity index (χ4v) is 3.04. The minimum absolute atomic E-state index is 0.676. The summed E-state index contributed by atoms with van der Waals surface area (Å²) >= 11 is 3.51. The molecule has 0 atom stereocenters. The van der Waals surface area contributed by atoms with E-state index in [2.05, 4.69) is 55.1 Å². The monoisotopic (exact) mass is 387 g/mol. The Labute approximate surface area is 154 Å². The van der Waals surface area contributed by atoms with Crippen molar-refractivity contribution in [3.05, 3.63) is 89.7 Å². The van der Waals surface area contributed by atoms with Crippen LogP contribution in [0.5, 0.6) is 0 Å². The zero-order valence-electron chi connectivity index (χ0n) is 13.3. The summed E-state index contributed by atoms with van der Waals surface area (Å²) in [5.74, 6) is 1.36. The Morgan fingerprint density at radius 1 is 0.560 bits per heavy atom. The zero-order chi connectivity index (χ0) is 17.1. The molecule has 120 valence electrons. The normalized spacial score (nSPS) is 10.6. The number of nitrogens with zero attached hydrogens (tertiary/aromatic N) is 3. The van der Waals surface area contributed by atoms with E-state index in [1.807, 2.05) is 54.6 Å². The smallest absolute Gasteiger partial charge is 0.163 e. The van der Waals surface area contributed by atoms with Gasteiger partial charge in [-0.25, -0.2) is 15.0 Å². The van der Waals surface area contributed by atoms with Gasteiger partial charge in [-0.15, -0.1) is 0 Å². The van der Waals surface area contributed by atoms with E-state index in [0.717, 1.165) is 21.2 Å². The number of hydrogen-bond donors (Lipinski definition) is 0. The van der Waals surface area contributed by atoms with E-state index in [1.54, 1.807) is 6.33 Å². The summed E-state index contributed by atoms with van der Waals surface area (Å²) in [6.45, 7) is 0. The summed E-state index contributed by atoms with van der Waals surface area (Å²) in [5, 5.41) is 0. The van der Waals surface area contributed by atoms with Crippen LogP contribution in [0.15, 0.2) is 89.7 Å². The van der Waals surface area contributed by atoms with Crippen LogP contribution in [0.1, 0.15) is 0 Å². The molecule has 0 saturated carbocycles. The van der Waals surface area contributed by atoms with Crippen LogP contribution in [-0.4, -0.2) is 15.0 Å². The molecule has 0 aliphatic carbocycles. The first-order valence-corrected chi connectivity index (χ1v) is 8.70. The molecule has 0 saturated heterocycles. The number of aromatic nitrogens is 3. The van der Waals surface area contributed by atoms with Gasteiger partial charge in [-0.3, -0.25) is 0 Å². The maximum atomic E-state index is 4.60. The molecule has 0 radical (unpaired) electrons. The molecular formula is C21H14BrN3. The van der Waals surface area contributed by atoms with Crippen molar-refractivity contribution in [1.82, 2.24) is 15.0 Å². The lowest BCUT2D eigenvalue weighted by molar-refractivity contribution is 1.07. The molecule has 4 aromatic rings. The number of halogens is 1. The summed E-state index contributed by atoms with van der Waals surface area (Å²) < 4.78 is 1.07. The van der Waals surface area contributed by atoms with Gasteiger partial charge < -0.3 is 0 Å². The van der Waals surface area contributed by atoms with Gasteiger partial charge in [0.15, 0.2) is 11.6 Å². The third-order valence-electron chi connectivity index (χ3n) is 3.90. The molecule has 3 aromatic carbocycles. The molecule has 0 fully saturated rings. The molecule has 0 amide bonds. The summed E-state index contributed by atoms with van der Waals surface area (Å²) in [4.78, 5) is 13.2. The molecule has 25 heavy (non-hydrogen) atoms. The maximum Gasteiger partial charge on any atom is 0.163 e. The second-order valence-electron chi connectivity index (χ2n) is 5.59. The molecule has 1 aromatic heterocycles. The Morgan fingerprint density at radius 2 is 1.16 bits per heavy atom. The van der Waals surface area contributed by atoms with Gasteiger partial charge in [0.1, 0.15) is 6.33 Å². The number of hydrogen-bond acceptors (Lipinski definition) is 3. The molecule has 0 spiro atoms. The van der Waals surface area contributed by atoms with Crippen molar-refractivity contribution in [2.24, 2.45) is 0 Å². The lowest BCUT2D eigenvalue weighted by Crippen LogP contribution is -1.95. The van der Waals surface area contributed by atoms with E-state index in [4.69, 9.17) is 0 Å². The van der Waals surface area contributed by atoms with Crippen LogP contribution in [0.3, 0.4) is 0 Å². The minimum atomic E-state index is 0.676. The van der Waals surface area contributed by atoms with Crippen molar-refractivity contribution in [2.45, 2.75) is 0 Å². The molecule has 4 rings (SSSR count). The van der Waals surface area contributed by atoms with E-state index in [0.29, 0.717) is 11.6 Å². The SMILES string of the molecule is Brc1cccc(-c2ccc(-c3ncnc(-c4ccccc4)n3)cc2)c1. The molecule has 1 heterocycles. The second kappa shape index (κ2) is 6.95. The van der Waals surface area contributed by atoms with E-state index >= 15 is 0 Å². The molecule has 4 heteroatoms. The fraction of sp³-hybridized carbons (Fsp3) is 0. The van der Waals surface area contributed by atoms with Crippen molar-refractivity contribution >= 4 is 15.9 Å². The average Bonchev–Trinajstić information content (AvgIpc) is 2.69. The predicted molar refractivity (Wildman–Crippen MR) is 104 cm³/mol. The van der Waals surface area contributed by atoms with Gasteiger partial charge in [0.05, 0.1) is 0 Å². The molecule has 0 N–H and O–H groups in total. The molecule has 0 bridgehead atoms. The Balaban J connectivity index is 1.67. The van der Waals surface area contributed by atoms with Gasteiger partial charge in [0, 0.05) is 15.6 Å². The van der Waals surface area contributed by atoms with Gasteiger partial charge >= 0.3 is 0 Å². The van der Waals surface area contributed by atoms with E-state index in [9.17, 15) is 0 Å². The van der Waals surface area contributed by atoms with Crippen molar-refractivity contribution in [1.29, 1.82) is 0 Å². The fourth-order valence-electron chi connectivity index (χ4n) is 2.64. The van der Waals surface area contributed by atoms with Gasteiger partial charge in [-0.1, -0.05) is 82.7 Å². The quantitative estimate of drug-likeness (QED) is 0.456. The average molecular weight is 388 g/mol. The van der Waals surface area contributed by atoms with E-state index < -0.39 is 0 Å². The highest BCUT2D eigenvalue weighted by atomic mass is 79.9.